The van der Waals surface area contributed by atoms with Gasteiger partial charge in [-0.1, -0.05) is 11.6 Å². The van der Waals surface area contributed by atoms with Crippen LogP contribution in [0.15, 0.2) is 24.3 Å². The Kier molecular flexibility index (Phi) is 3.68. The van der Waals surface area contributed by atoms with Gasteiger partial charge in [0.25, 0.3) is 11.6 Å². The number of nitro groups is 2. The number of aromatic nitrogens is 2. The first-order chi connectivity index (χ1) is 9.81. The summed E-state index contributed by atoms with van der Waals surface area (Å²) in [6.07, 6.45) is 0. The number of halogens is 1. The van der Waals surface area contributed by atoms with Gasteiger partial charge in [0.2, 0.25) is 0 Å². The quantitative estimate of drug-likeness (QED) is 0.633. The van der Waals surface area contributed by atoms with Crippen LogP contribution in [0, 0.1) is 27.2 Å². The van der Waals surface area contributed by atoms with Crippen LogP contribution in [0.25, 0.3) is 0 Å². The molecule has 0 fully saturated rings. The monoisotopic (exact) mass is 310 g/mol. The van der Waals surface area contributed by atoms with Gasteiger partial charge in [-0.3, -0.25) is 14.9 Å². The number of nitrogens with zero attached hydrogens (tertiary/aromatic N) is 4. The summed E-state index contributed by atoms with van der Waals surface area (Å²) in [6, 6.07) is 4.46. The molecule has 0 radical (unpaired) electrons. The van der Waals surface area contributed by atoms with E-state index in [1.54, 1.807) is 0 Å². The SMILES string of the molecule is Cc1cc([N+](=O)[O-])nn1C(=O)c1ccc([N+](=O)[O-])cc1Cl. The van der Waals surface area contributed by atoms with E-state index in [4.69, 9.17) is 11.6 Å². The minimum atomic E-state index is -0.728. The Morgan fingerprint density at radius 1 is 1.24 bits per heavy atom. The summed E-state index contributed by atoms with van der Waals surface area (Å²) in [6.45, 7) is 1.47. The van der Waals surface area contributed by atoms with E-state index >= 15 is 0 Å². The Bertz CT molecular complexity index is 770. The number of hydrogen-bond donors (Lipinski definition) is 0. The molecule has 9 nitrogen and oxygen atoms in total. The molecule has 1 heterocycles. The lowest BCUT2D eigenvalue weighted by Crippen LogP contribution is -2.16. The molecule has 0 aliphatic carbocycles. The summed E-state index contributed by atoms with van der Waals surface area (Å²) in [5, 5.41) is 24.7. The van der Waals surface area contributed by atoms with E-state index < -0.39 is 21.6 Å². The lowest BCUT2D eigenvalue weighted by Gasteiger charge is -2.02. The number of aryl methyl sites for hydroxylation is 1. The fourth-order valence-corrected chi connectivity index (χ4v) is 1.91. The minimum Gasteiger partial charge on any atom is -0.358 e. The number of carbonyl (C=O) groups excluding carboxylic acids is 1. The summed E-state index contributed by atoms with van der Waals surface area (Å²) in [7, 11) is 0. The second-order valence-corrected chi connectivity index (χ2v) is 4.45. The van der Waals surface area contributed by atoms with Crippen LogP contribution in [0.3, 0.4) is 0 Å². The smallest absolute Gasteiger partial charge is 0.358 e. The van der Waals surface area contributed by atoms with Crippen LogP contribution in [-0.2, 0) is 0 Å². The molecule has 21 heavy (non-hydrogen) atoms. The van der Waals surface area contributed by atoms with Crippen LogP contribution < -0.4 is 0 Å². The van der Waals surface area contributed by atoms with E-state index in [0.717, 1.165) is 22.9 Å². The number of carbonyl (C=O) groups is 1. The lowest BCUT2D eigenvalue weighted by atomic mass is 10.2. The molecular weight excluding hydrogens is 304 g/mol. The van der Waals surface area contributed by atoms with Crippen molar-refractivity contribution in [2.24, 2.45) is 0 Å². The van der Waals surface area contributed by atoms with E-state index in [2.05, 4.69) is 5.10 Å². The largest absolute Gasteiger partial charge is 0.390 e. The normalized spacial score (nSPS) is 10.4. The zero-order valence-corrected chi connectivity index (χ0v) is 11.3. The molecular formula is C11H7ClN4O5. The first-order valence-electron chi connectivity index (χ1n) is 5.51. The van der Waals surface area contributed by atoms with Crippen LogP contribution in [0.4, 0.5) is 11.5 Å². The second-order valence-electron chi connectivity index (χ2n) is 4.04. The van der Waals surface area contributed by atoms with Crippen LogP contribution in [0.2, 0.25) is 5.02 Å². The highest BCUT2D eigenvalue weighted by Crippen LogP contribution is 2.24. The molecule has 2 aromatic rings. The fourth-order valence-electron chi connectivity index (χ4n) is 1.66. The van der Waals surface area contributed by atoms with Crippen LogP contribution in [-0.4, -0.2) is 25.5 Å². The van der Waals surface area contributed by atoms with E-state index in [0.29, 0.717) is 0 Å². The Morgan fingerprint density at radius 3 is 2.38 bits per heavy atom. The van der Waals surface area contributed by atoms with Gasteiger partial charge in [-0.05, 0) is 17.9 Å². The Labute approximate surface area is 122 Å². The predicted octanol–water partition coefficient (Wildman–Crippen LogP) is 2.35. The summed E-state index contributed by atoms with van der Waals surface area (Å²) >= 11 is 5.84. The van der Waals surface area contributed by atoms with Gasteiger partial charge >= 0.3 is 5.82 Å². The predicted molar refractivity (Wildman–Crippen MR) is 71.5 cm³/mol. The van der Waals surface area contributed by atoms with E-state index in [1.807, 2.05) is 0 Å². The molecule has 0 saturated heterocycles. The Hall–Kier alpha value is -2.81. The molecule has 2 rings (SSSR count). The number of rotatable bonds is 3. The van der Waals surface area contributed by atoms with Crippen molar-refractivity contribution >= 4 is 29.0 Å². The van der Waals surface area contributed by atoms with Crippen molar-refractivity contribution in [3.63, 3.8) is 0 Å². The third-order valence-corrected chi connectivity index (χ3v) is 2.96. The van der Waals surface area contributed by atoms with Crippen molar-refractivity contribution in [3.05, 3.63) is 60.8 Å². The zero-order chi connectivity index (χ0) is 15.7. The van der Waals surface area contributed by atoms with Gasteiger partial charge in [0.1, 0.15) is 0 Å². The highest BCUT2D eigenvalue weighted by atomic mass is 35.5. The van der Waals surface area contributed by atoms with Crippen molar-refractivity contribution in [2.75, 3.05) is 0 Å². The average Bonchev–Trinajstić information content (AvgIpc) is 2.80. The molecule has 0 unspecified atom stereocenters. The molecule has 0 amide bonds. The van der Waals surface area contributed by atoms with Crippen molar-refractivity contribution < 1.29 is 14.6 Å². The molecule has 108 valence electrons. The topological polar surface area (TPSA) is 121 Å². The van der Waals surface area contributed by atoms with E-state index in [1.165, 1.54) is 13.0 Å². The summed E-state index contributed by atoms with van der Waals surface area (Å²) < 4.78 is 0.825. The summed E-state index contributed by atoms with van der Waals surface area (Å²) in [5.41, 5.74) is -0.0517. The first kappa shape index (κ1) is 14.6. The molecule has 10 heteroatoms. The van der Waals surface area contributed by atoms with Crippen LogP contribution >= 0.6 is 11.6 Å². The summed E-state index contributed by atoms with van der Waals surface area (Å²) in [4.78, 5) is 32.1. The maximum absolute atomic E-state index is 12.2. The molecule has 0 N–H and O–H groups in total. The molecule has 0 spiro atoms. The van der Waals surface area contributed by atoms with Crippen LogP contribution in [0.5, 0.6) is 0 Å². The average molecular weight is 311 g/mol. The van der Waals surface area contributed by atoms with Gasteiger partial charge in [0.15, 0.2) is 0 Å². The van der Waals surface area contributed by atoms with Gasteiger partial charge in [-0.25, -0.2) is 0 Å². The van der Waals surface area contributed by atoms with Gasteiger partial charge in [0.05, 0.1) is 32.4 Å². The van der Waals surface area contributed by atoms with Crippen molar-refractivity contribution in [1.29, 1.82) is 0 Å². The highest BCUT2D eigenvalue weighted by molar-refractivity contribution is 6.34. The standard InChI is InChI=1S/C11H7ClN4O5/c1-6-4-10(16(20)21)13-14(6)11(17)8-3-2-7(15(18)19)5-9(8)12/h2-5H,1H3. The summed E-state index contributed by atoms with van der Waals surface area (Å²) in [5.74, 6) is -1.18. The molecule has 0 bridgehead atoms. The Morgan fingerprint density at radius 2 is 1.90 bits per heavy atom. The van der Waals surface area contributed by atoms with Gasteiger partial charge in [-0.2, -0.15) is 0 Å². The molecule has 0 saturated carbocycles. The van der Waals surface area contributed by atoms with Crippen molar-refractivity contribution in [2.45, 2.75) is 6.92 Å². The maximum atomic E-state index is 12.2. The second kappa shape index (κ2) is 5.29. The Balaban J connectivity index is 2.45. The third-order valence-electron chi connectivity index (χ3n) is 2.65. The first-order valence-corrected chi connectivity index (χ1v) is 5.88. The van der Waals surface area contributed by atoms with Crippen LogP contribution in [0.1, 0.15) is 16.1 Å². The highest BCUT2D eigenvalue weighted by Gasteiger charge is 2.24. The molecule has 1 aromatic carbocycles. The zero-order valence-electron chi connectivity index (χ0n) is 10.5. The van der Waals surface area contributed by atoms with Gasteiger partial charge in [0, 0.05) is 12.1 Å². The fraction of sp³-hybridized carbons (Fsp3) is 0.0909. The van der Waals surface area contributed by atoms with E-state index in [-0.39, 0.29) is 22.0 Å². The molecule has 1 aromatic heterocycles. The number of nitro benzene ring substituents is 1. The van der Waals surface area contributed by atoms with Crippen molar-refractivity contribution in [1.82, 2.24) is 9.78 Å². The molecule has 0 aliphatic heterocycles. The molecule has 0 atom stereocenters. The number of benzene rings is 1. The van der Waals surface area contributed by atoms with Gasteiger partial charge < -0.3 is 10.1 Å². The third kappa shape index (κ3) is 2.72. The minimum absolute atomic E-state index is 0.0386. The van der Waals surface area contributed by atoms with Crippen molar-refractivity contribution in [3.8, 4) is 0 Å². The number of non-ortho nitro benzene ring substituents is 1. The van der Waals surface area contributed by atoms with E-state index in [9.17, 15) is 25.0 Å². The lowest BCUT2D eigenvalue weighted by molar-refractivity contribution is -0.389. The molecule has 0 aliphatic rings. The number of hydrogen-bond acceptors (Lipinski definition) is 6. The van der Waals surface area contributed by atoms with Gasteiger partial charge in [-0.15, -0.1) is 4.68 Å². The maximum Gasteiger partial charge on any atom is 0.390 e.